The van der Waals surface area contributed by atoms with Crippen molar-refractivity contribution in [2.24, 2.45) is 0 Å². The highest BCUT2D eigenvalue weighted by atomic mass is 32.2. The van der Waals surface area contributed by atoms with Crippen LogP contribution < -0.4 is 5.32 Å². The van der Waals surface area contributed by atoms with Crippen molar-refractivity contribution in [3.8, 4) is 0 Å². The second-order valence-electron chi connectivity index (χ2n) is 6.82. The average Bonchev–Trinajstić information content (AvgIpc) is 2.87. The first-order valence-electron chi connectivity index (χ1n) is 8.22. The summed E-state index contributed by atoms with van der Waals surface area (Å²) in [5, 5.41) is 4.86. The third kappa shape index (κ3) is 3.48. The molecule has 1 aliphatic heterocycles. The Balaban J connectivity index is 1.51. The molecule has 2 saturated carbocycles. The van der Waals surface area contributed by atoms with Crippen LogP contribution in [0.2, 0.25) is 0 Å². The van der Waals surface area contributed by atoms with E-state index in [2.05, 4.69) is 23.3 Å². The van der Waals surface area contributed by atoms with Gasteiger partial charge < -0.3 is 10.1 Å². The molecule has 3 atom stereocenters. The van der Waals surface area contributed by atoms with Crippen LogP contribution in [0.15, 0.2) is 0 Å². The molecule has 3 heteroatoms. The zero-order chi connectivity index (χ0) is 13.1. The molecule has 0 bridgehead atoms. The van der Waals surface area contributed by atoms with Crippen LogP contribution in [0.25, 0.3) is 0 Å². The van der Waals surface area contributed by atoms with Gasteiger partial charge in [-0.15, -0.1) is 0 Å². The molecular weight excluding hydrogens is 254 g/mol. The first-order valence-corrected chi connectivity index (χ1v) is 9.51. The lowest BCUT2D eigenvalue weighted by molar-refractivity contribution is -0.110. The molecule has 1 spiro atoms. The summed E-state index contributed by atoms with van der Waals surface area (Å²) in [6.45, 7) is 0.982. The molecule has 0 aromatic heterocycles. The first-order chi connectivity index (χ1) is 9.30. The van der Waals surface area contributed by atoms with E-state index in [1.807, 2.05) is 0 Å². The fraction of sp³-hybridized carbons (Fsp3) is 1.00. The lowest BCUT2D eigenvalue weighted by atomic mass is 9.78. The molecule has 3 aliphatic rings. The summed E-state index contributed by atoms with van der Waals surface area (Å²) >= 11 is 2.06. The maximum atomic E-state index is 6.20. The van der Waals surface area contributed by atoms with Crippen molar-refractivity contribution < 1.29 is 4.74 Å². The molecule has 3 unspecified atom stereocenters. The monoisotopic (exact) mass is 283 g/mol. The van der Waals surface area contributed by atoms with Gasteiger partial charge in [0.1, 0.15) is 0 Å². The van der Waals surface area contributed by atoms with Crippen molar-refractivity contribution in [2.75, 3.05) is 12.9 Å². The van der Waals surface area contributed by atoms with Crippen LogP contribution in [0, 0.1) is 0 Å². The first kappa shape index (κ1) is 14.2. The highest BCUT2D eigenvalue weighted by Crippen LogP contribution is 2.39. The lowest BCUT2D eigenvalue weighted by Crippen LogP contribution is -2.50. The van der Waals surface area contributed by atoms with Crippen LogP contribution in [0.1, 0.15) is 64.2 Å². The number of hydrogen-bond donors (Lipinski definition) is 1. The molecule has 0 radical (unpaired) electrons. The molecule has 2 aliphatic carbocycles. The average molecular weight is 283 g/mol. The summed E-state index contributed by atoms with van der Waals surface area (Å²) in [4.78, 5) is 0. The highest BCUT2D eigenvalue weighted by molar-refractivity contribution is 7.99. The Hall–Kier alpha value is 0.270. The largest absolute Gasteiger partial charge is 0.375 e. The van der Waals surface area contributed by atoms with Crippen molar-refractivity contribution >= 4 is 11.8 Å². The second kappa shape index (κ2) is 6.36. The Labute approximate surface area is 122 Å². The minimum Gasteiger partial charge on any atom is -0.375 e. The zero-order valence-corrected chi connectivity index (χ0v) is 13.1. The molecule has 1 saturated heterocycles. The summed E-state index contributed by atoms with van der Waals surface area (Å²) in [5.41, 5.74) is 0.256. The Morgan fingerprint density at radius 1 is 1.05 bits per heavy atom. The van der Waals surface area contributed by atoms with Crippen LogP contribution in [-0.2, 0) is 4.74 Å². The van der Waals surface area contributed by atoms with Gasteiger partial charge in [-0.05, 0) is 51.2 Å². The van der Waals surface area contributed by atoms with Crippen LogP contribution in [0.3, 0.4) is 0 Å². The molecule has 0 aromatic rings. The number of rotatable bonds is 3. The molecular formula is C16H29NOS. The summed E-state index contributed by atoms with van der Waals surface area (Å²) in [7, 11) is 0. The third-order valence-electron chi connectivity index (χ3n) is 5.45. The van der Waals surface area contributed by atoms with E-state index in [0.717, 1.165) is 23.9 Å². The molecule has 0 aromatic carbocycles. The van der Waals surface area contributed by atoms with Crippen LogP contribution in [0.5, 0.6) is 0 Å². The van der Waals surface area contributed by atoms with E-state index in [0.29, 0.717) is 0 Å². The van der Waals surface area contributed by atoms with Gasteiger partial charge in [0.15, 0.2) is 0 Å². The van der Waals surface area contributed by atoms with Gasteiger partial charge in [-0.2, -0.15) is 11.8 Å². The van der Waals surface area contributed by atoms with E-state index in [1.165, 1.54) is 64.2 Å². The van der Waals surface area contributed by atoms with Crippen LogP contribution in [0.4, 0.5) is 0 Å². The van der Waals surface area contributed by atoms with Gasteiger partial charge in [-0.25, -0.2) is 0 Å². The minimum absolute atomic E-state index is 0.256. The Kier molecular flexibility index (Phi) is 4.76. The standard InChI is InChI=1S/C16H29NOS/c1-19-15-6-5-13(11-15)17-14-7-10-18-16(12-14)8-3-2-4-9-16/h13-15,17H,2-12H2,1H3. The van der Waals surface area contributed by atoms with Crippen LogP contribution >= 0.6 is 11.8 Å². The highest BCUT2D eigenvalue weighted by Gasteiger charge is 2.39. The van der Waals surface area contributed by atoms with E-state index in [-0.39, 0.29) is 5.60 Å². The van der Waals surface area contributed by atoms with Crippen molar-refractivity contribution in [1.29, 1.82) is 0 Å². The molecule has 19 heavy (non-hydrogen) atoms. The van der Waals surface area contributed by atoms with Gasteiger partial charge in [0, 0.05) is 23.9 Å². The predicted octanol–water partition coefficient (Wildman–Crippen LogP) is 3.74. The quantitative estimate of drug-likeness (QED) is 0.852. The summed E-state index contributed by atoms with van der Waals surface area (Å²) in [5.74, 6) is 0. The molecule has 0 amide bonds. The van der Waals surface area contributed by atoms with Gasteiger partial charge in [-0.1, -0.05) is 19.3 Å². The van der Waals surface area contributed by atoms with E-state index < -0.39 is 0 Å². The molecule has 2 nitrogen and oxygen atoms in total. The predicted molar refractivity (Wildman–Crippen MR) is 82.9 cm³/mol. The van der Waals surface area contributed by atoms with Gasteiger partial charge in [-0.3, -0.25) is 0 Å². The van der Waals surface area contributed by atoms with E-state index in [1.54, 1.807) is 0 Å². The number of nitrogens with one attached hydrogen (secondary N) is 1. The second-order valence-corrected chi connectivity index (χ2v) is 7.95. The maximum absolute atomic E-state index is 6.20. The Morgan fingerprint density at radius 2 is 1.89 bits per heavy atom. The fourth-order valence-electron chi connectivity index (χ4n) is 4.35. The van der Waals surface area contributed by atoms with Crippen LogP contribution in [-0.4, -0.2) is 35.8 Å². The Morgan fingerprint density at radius 3 is 2.63 bits per heavy atom. The molecule has 3 fully saturated rings. The van der Waals surface area contributed by atoms with Crippen molar-refractivity contribution in [2.45, 2.75) is 87.1 Å². The number of ether oxygens (including phenoxy) is 1. The van der Waals surface area contributed by atoms with Crippen molar-refractivity contribution in [3.05, 3.63) is 0 Å². The van der Waals surface area contributed by atoms with Gasteiger partial charge >= 0.3 is 0 Å². The van der Waals surface area contributed by atoms with Gasteiger partial charge in [0.05, 0.1) is 5.60 Å². The summed E-state index contributed by atoms with van der Waals surface area (Å²) in [6, 6.07) is 1.50. The minimum atomic E-state index is 0.256. The Bertz CT molecular complexity index is 285. The van der Waals surface area contributed by atoms with Crippen molar-refractivity contribution in [1.82, 2.24) is 5.32 Å². The zero-order valence-electron chi connectivity index (χ0n) is 12.3. The summed E-state index contributed by atoms with van der Waals surface area (Å²) in [6.07, 6.45) is 15.7. The SMILES string of the molecule is CSC1CCC(NC2CCOC3(CCCCC3)C2)C1. The lowest BCUT2D eigenvalue weighted by Gasteiger charge is -2.44. The fourth-order valence-corrected chi connectivity index (χ4v) is 5.15. The summed E-state index contributed by atoms with van der Waals surface area (Å²) < 4.78 is 6.20. The number of hydrogen-bond acceptors (Lipinski definition) is 3. The molecule has 1 heterocycles. The topological polar surface area (TPSA) is 21.3 Å². The maximum Gasteiger partial charge on any atom is 0.0697 e. The molecule has 110 valence electrons. The molecule has 3 rings (SSSR count). The van der Waals surface area contributed by atoms with Crippen molar-refractivity contribution in [3.63, 3.8) is 0 Å². The van der Waals surface area contributed by atoms with Gasteiger partial charge in [0.2, 0.25) is 0 Å². The third-order valence-corrected chi connectivity index (χ3v) is 6.54. The van der Waals surface area contributed by atoms with E-state index in [4.69, 9.17) is 4.74 Å². The number of thioether (sulfide) groups is 1. The van der Waals surface area contributed by atoms with E-state index in [9.17, 15) is 0 Å². The normalized spacial score (nSPS) is 38.7. The van der Waals surface area contributed by atoms with E-state index >= 15 is 0 Å². The van der Waals surface area contributed by atoms with Gasteiger partial charge in [0.25, 0.3) is 0 Å². The molecule has 1 N–H and O–H groups in total. The smallest absolute Gasteiger partial charge is 0.0697 e.